The molecule has 0 aliphatic heterocycles. The third kappa shape index (κ3) is 13.8. The fourth-order valence-electron chi connectivity index (χ4n) is 3.01. The van der Waals surface area contributed by atoms with Crippen molar-refractivity contribution in [2.24, 2.45) is 0 Å². The first-order valence-electron chi connectivity index (χ1n) is 9.57. The van der Waals surface area contributed by atoms with Gasteiger partial charge in [-0.25, -0.2) is 0 Å². The Kier molecular flexibility index (Phi) is 14.8. The quantitative estimate of drug-likeness (QED) is 0.253. The molecule has 0 radical (unpaired) electrons. The molecule has 0 spiro atoms. The average molecular weight is 334 g/mol. The zero-order valence-corrected chi connectivity index (χ0v) is 15.8. The smallest absolute Gasteiger partial charge is 0.324 e. The first-order valence-corrected chi connectivity index (χ1v) is 11.3. The molecule has 4 heteroatoms. The van der Waals surface area contributed by atoms with Crippen LogP contribution in [-0.2, 0) is 4.57 Å². The van der Waals surface area contributed by atoms with Crippen molar-refractivity contribution in [3.05, 3.63) is 0 Å². The maximum Gasteiger partial charge on any atom is 0.328 e. The second-order valence-electron chi connectivity index (χ2n) is 6.68. The van der Waals surface area contributed by atoms with Gasteiger partial charge in [-0.05, 0) is 12.8 Å². The van der Waals surface area contributed by atoms with Gasteiger partial charge in [-0.1, -0.05) is 97.3 Å². The van der Waals surface area contributed by atoms with Gasteiger partial charge >= 0.3 is 7.60 Å². The van der Waals surface area contributed by atoms with Crippen molar-refractivity contribution < 1.29 is 14.4 Å². The van der Waals surface area contributed by atoms with Crippen molar-refractivity contribution in [2.45, 2.75) is 116 Å². The minimum atomic E-state index is -3.86. The number of rotatable bonds is 16. The van der Waals surface area contributed by atoms with E-state index in [1.165, 1.54) is 70.6 Å². The van der Waals surface area contributed by atoms with E-state index in [4.69, 9.17) is 0 Å². The van der Waals surface area contributed by atoms with Gasteiger partial charge in [0.05, 0.1) is 5.66 Å². The first kappa shape index (κ1) is 22.1. The van der Waals surface area contributed by atoms with Crippen LogP contribution in [-0.4, -0.2) is 15.4 Å². The molecule has 0 rings (SSSR count). The van der Waals surface area contributed by atoms with Crippen LogP contribution in [0, 0.1) is 0 Å². The number of hydrogen-bond donors (Lipinski definition) is 2. The summed E-state index contributed by atoms with van der Waals surface area (Å²) < 4.78 is 11.2. The number of hydrogen-bond acceptors (Lipinski definition) is 1. The minimum Gasteiger partial charge on any atom is -0.324 e. The molecule has 0 aromatic rings. The Morgan fingerprint density at radius 2 is 1.05 bits per heavy atom. The second kappa shape index (κ2) is 14.7. The average Bonchev–Trinajstić information content (AvgIpc) is 2.46. The van der Waals surface area contributed by atoms with Crippen LogP contribution < -0.4 is 0 Å². The van der Waals surface area contributed by atoms with Gasteiger partial charge in [-0.3, -0.25) is 4.57 Å². The summed E-state index contributed by atoms with van der Waals surface area (Å²) in [6.07, 6.45) is 18.2. The Hall–Kier alpha value is 0.150. The lowest BCUT2D eigenvalue weighted by Gasteiger charge is -2.15. The molecule has 0 heterocycles. The summed E-state index contributed by atoms with van der Waals surface area (Å²) in [5.74, 6) is 0. The van der Waals surface area contributed by atoms with Crippen molar-refractivity contribution in [3.63, 3.8) is 0 Å². The maximum absolute atomic E-state index is 11.2. The molecule has 1 unspecified atom stereocenters. The summed E-state index contributed by atoms with van der Waals surface area (Å²) in [5.41, 5.74) is -0.416. The van der Waals surface area contributed by atoms with Crippen LogP contribution in [0.1, 0.15) is 110 Å². The van der Waals surface area contributed by atoms with E-state index in [-0.39, 0.29) is 0 Å². The molecule has 0 aliphatic carbocycles. The summed E-state index contributed by atoms with van der Waals surface area (Å²) in [6, 6.07) is 0. The van der Waals surface area contributed by atoms with Crippen molar-refractivity contribution in [1.82, 2.24) is 0 Å². The normalized spacial score (nSPS) is 13.5. The number of unbranched alkanes of at least 4 members (excludes halogenated alkanes) is 12. The Bertz CT molecular complexity index is 276. The Morgan fingerprint density at radius 3 is 1.36 bits per heavy atom. The summed E-state index contributed by atoms with van der Waals surface area (Å²) >= 11 is 0. The molecule has 0 aromatic heterocycles. The van der Waals surface area contributed by atoms with Gasteiger partial charge in [0.25, 0.3) is 0 Å². The van der Waals surface area contributed by atoms with E-state index in [1.807, 2.05) is 6.92 Å². The summed E-state index contributed by atoms with van der Waals surface area (Å²) in [4.78, 5) is 18.4. The van der Waals surface area contributed by atoms with Crippen molar-refractivity contribution in [1.29, 1.82) is 0 Å². The van der Waals surface area contributed by atoms with E-state index in [9.17, 15) is 14.4 Å². The predicted octanol–water partition coefficient (Wildman–Crippen LogP) is 6.42. The van der Waals surface area contributed by atoms with Gasteiger partial charge in [0, 0.05) is 0 Å². The molecule has 0 fully saturated rings. The molecule has 0 saturated carbocycles. The highest BCUT2D eigenvalue weighted by atomic mass is 31.2. The van der Waals surface area contributed by atoms with Gasteiger partial charge in [-0.2, -0.15) is 0 Å². The highest BCUT2D eigenvalue weighted by Gasteiger charge is 2.25. The standard InChI is InChI=1S/C18H39O3P/c1-3-5-6-7-8-9-10-11-12-13-14-15-16-17-18(4-2)22(19,20)21/h18H,3-17H2,1-2H3,(H2,19,20,21). The van der Waals surface area contributed by atoms with Gasteiger partial charge in [0.1, 0.15) is 0 Å². The van der Waals surface area contributed by atoms with E-state index in [0.717, 1.165) is 12.8 Å². The lowest BCUT2D eigenvalue weighted by Crippen LogP contribution is -2.06. The molecular weight excluding hydrogens is 295 g/mol. The molecule has 0 amide bonds. The van der Waals surface area contributed by atoms with Gasteiger partial charge in [0.2, 0.25) is 0 Å². The summed E-state index contributed by atoms with van der Waals surface area (Å²) in [7, 11) is -3.86. The van der Waals surface area contributed by atoms with Gasteiger partial charge < -0.3 is 9.79 Å². The van der Waals surface area contributed by atoms with Crippen molar-refractivity contribution >= 4 is 7.60 Å². The van der Waals surface area contributed by atoms with Crippen LogP contribution in [0.25, 0.3) is 0 Å². The van der Waals surface area contributed by atoms with Crippen LogP contribution in [0.15, 0.2) is 0 Å². The maximum atomic E-state index is 11.2. The first-order chi connectivity index (χ1) is 10.5. The SMILES string of the molecule is CCCCCCCCCCCCCCCC(CC)P(=O)(O)O. The largest absolute Gasteiger partial charge is 0.328 e. The molecule has 2 N–H and O–H groups in total. The van der Waals surface area contributed by atoms with E-state index >= 15 is 0 Å². The van der Waals surface area contributed by atoms with Crippen LogP contribution in [0.4, 0.5) is 0 Å². The van der Waals surface area contributed by atoms with Crippen LogP contribution >= 0.6 is 7.60 Å². The van der Waals surface area contributed by atoms with Crippen molar-refractivity contribution in [2.75, 3.05) is 0 Å². The predicted molar refractivity (Wildman–Crippen MR) is 96.4 cm³/mol. The third-order valence-electron chi connectivity index (χ3n) is 4.59. The van der Waals surface area contributed by atoms with Gasteiger partial charge in [0.15, 0.2) is 0 Å². The van der Waals surface area contributed by atoms with Crippen LogP contribution in [0.3, 0.4) is 0 Å². The van der Waals surface area contributed by atoms with E-state index < -0.39 is 13.3 Å². The Balaban J connectivity index is 3.25. The molecule has 0 saturated heterocycles. The highest BCUT2D eigenvalue weighted by Crippen LogP contribution is 2.45. The lowest BCUT2D eigenvalue weighted by atomic mass is 10.0. The molecule has 0 bridgehead atoms. The molecule has 22 heavy (non-hydrogen) atoms. The third-order valence-corrected chi connectivity index (χ3v) is 6.16. The van der Waals surface area contributed by atoms with Crippen LogP contribution in [0.5, 0.6) is 0 Å². The topological polar surface area (TPSA) is 57.5 Å². The molecule has 0 aromatic carbocycles. The zero-order chi connectivity index (χ0) is 16.7. The molecule has 1 atom stereocenters. The monoisotopic (exact) mass is 334 g/mol. The van der Waals surface area contributed by atoms with Crippen molar-refractivity contribution in [3.8, 4) is 0 Å². The molecule has 134 valence electrons. The fraction of sp³-hybridized carbons (Fsp3) is 1.00. The fourth-order valence-corrected chi connectivity index (χ4v) is 4.00. The Morgan fingerprint density at radius 1 is 0.682 bits per heavy atom. The lowest BCUT2D eigenvalue weighted by molar-refractivity contribution is 0.350. The zero-order valence-electron chi connectivity index (χ0n) is 14.9. The molecule has 3 nitrogen and oxygen atoms in total. The molecule has 0 aliphatic rings. The summed E-state index contributed by atoms with van der Waals surface area (Å²) in [6.45, 7) is 4.13. The van der Waals surface area contributed by atoms with E-state index in [1.54, 1.807) is 0 Å². The van der Waals surface area contributed by atoms with Gasteiger partial charge in [-0.15, -0.1) is 0 Å². The summed E-state index contributed by atoms with van der Waals surface area (Å²) in [5, 5.41) is 0. The van der Waals surface area contributed by atoms with E-state index in [0.29, 0.717) is 12.8 Å². The molecular formula is C18H39O3P. The van der Waals surface area contributed by atoms with E-state index in [2.05, 4.69) is 6.92 Å². The minimum absolute atomic E-state index is 0.416. The van der Waals surface area contributed by atoms with Crippen LogP contribution in [0.2, 0.25) is 0 Å². The highest BCUT2D eigenvalue weighted by molar-refractivity contribution is 7.52. The second-order valence-corrected chi connectivity index (χ2v) is 8.59. The Labute approximate surface area is 138 Å².